The molecule has 0 radical (unpaired) electrons. The molecule has 4 nitrogen and oxygen atoms in total. The van der Waals surface area contributed by atoms with Gasteiger partial charge in [0.2, 0.25) is 5.91 Å². The van der Waals surface area contributed by atoms with Crippen molar-refractivity contribution in [3.8, 4) is 0 Å². The van der Waals surface area contributed by atoms with Gasteiger partial charge in [-0.15, -0.1) is 0 Å². The van der Waals surface area contributed by atoms with Gasteiger partial charge in [-0.05, 0) is 27.8 Å². The number of nitrogens with zero attached hydrogens (tertiary/aromatic N) is 1. The minimum Gasteiger partial charge on any atom is -0.375 e. The van der Waals surface area contributed by atoms with Crippen LogP contribution < -0.4 is 5.32 Å². The summed E-state index contributed by atoms with van der Waals surface area (Å²) >= 11 is 0. The van der Waals surface area contributed by atoms with Crippen LogP contribution in [0.5, 0.6) is 0 Å². The molecule has 0 saturated carbocycles. The molecule has 0 aliphatic carbocycles. The monoisotopic (exact) mass is 200 g/mol. The number of ether oxygens (including phenoxy) is 1. The lowest BCUT2D eigenvalue weighted by atomic mass is 10.1. The van der Waals surface area contributed by atoms with Gasteiger partial charge >= 0.3 is 0 Å². The molecule has 14 heavy (non-hydrogen) atoms. The van der Waals surface area contributed by atoms with Crippen LogP contribution >= 0.6 is 0 Å². The first-order valence-electron chi connectivity index (χ1n) is 5.17. The van der Waals surface area contributed by atoms with Gasteiger partial charge in [0.05, 0.1) is 24.8 Å². The van der Waals surface area contributed by atoms with Gasteiger partial charge in [0.15, 0.2) is 0 Å². The van der Waals surface area contributed by atoms with Crippen LogP contribution in [0.15, 0.2) is 0 Å². The molecule has 0 spiro atoms. The van der Waals surface area contributed by atoms with E-state index in [1.165, 1.54) is 0 Å². The average Bonchev–Trinajstić information content (AvgIpc) is 2.20. The molecule has 1 N–H and O–H groups in total. The fourth-order valence-electron chi connectivity index (χ4n) is 1.62. The van der Waals surface area contributed by atoms with Crippen LogP contribution in [0.4, 0.5) is 0 Å². The molecule has 0 aromatic carbocycles. The van der Waals surface area contributed by atoms with E-state index in [1.807, 2.05) is 25.7 Å². The van der Waals surface area contributed by atoms with Crippen LogP contribution in [0.1, 0.15) is 20.8 Å². The second-order valence-corrected chi connectivity index (χ2v) is 3.86. The topological polar surface area (TPSA) is 41.6 Å². The SMILES string of the molecule is CN[C@@H](C)C(=O)N1CCOC(C)C1C. The standard InChI is InChI=1S/C10H20N2O2/c1-7(11-4)10(13)12-5-6-14-9(3)8(12)2/h7-9,11H,5-6H2,1-4H3/t7-,8?,9?/m0/s1. The fourth-order valence-corrected chi connectivity index (χ4v) is 1.62. The predicted molar refractivity (Wildman–Crippen MR) is 55.1 cm³/mol. The highest BCUT2D eigenvalue weighted by atomic mass is 16.5. The van der Waals surface area contributed by atoms with Gasteiger partial charge in [0.25, 0.3) is 0 Å². The molecular formula is C10H20N2O2. The zero-order chi connectivity index (χ0) is 10.7. The Labute approximate surface area is 85.6 Å². The Morgan fingerprint density at radius 1 is 1.57 bits per heavy atom. The molecule has 1 amide bonds. The summed E-state index contributed by atoms with van der Waals surface area (Å²) in [6.07, 6.45) is 0.136. The number of hydrogen-bond donors (Lipinski definition) is 1. The summed E-state index contributed by atoms with van der Waals surface area (Å²) < 4.78 is 5.47. The van der Waals surface area contributed by atoms with Crippen molar-refractivity contribution >= 4 is 5.91 Å². The van der Waals surface area contributed by atoms with Crippen molar-refractivity contribution in [3.05, 3.63) is 0 Å². The van der Waals surface area contributed by atoms with E-state index >= 15 is 0 Å². The van der Waals surface area contributed by atoms with E-state index in [4.69, 9.17) is 4.74 Å². The summed E-state index contributed by atoms with van der Waals surface area (Å²) in [6.45, 7) is 7.28. The third kappa shape index (κ3) is 2.25. The number of hydrogen-bond acceptors (Lipinski definition) is 3. The number of rotatable bonds is 2. The highest BCUT2D eigenvalue weighted by Gasteiger charge is 2.30. The Bertz CT molecular complexity index is 208. The predicted octanol–water partition coefficient (Wildman–Crippen LogP) is 0.230. The van der Waals surface area contributed by atoms with Crippen LogP contribution in [0.25, 0.3) is 0 Å². The van der Waals surface area contributed by atoms with E-state index in [9.17, 15) is 4.79 Å². The molecule has 0 aromatic rings. The summed E-state index contributed by atoms with van der Waals surface area (Å²) in [5, 5.41) is 2.97. The molecule has 1 fully saturated rings. The van der Waals surface area contributed by atoms with Gasteiger partial charge in [0.1, 0.15) is 0 Å². The minimum atomic E-state index is -0.109. The third-order valence-corrected chi connectivity index (χ3v) is 2.97. The Balaban J connectivity index is 2.62. The van der Waals surface area contributed by atoms with Crippen molar-refractivity contribution in [1.82, 2.24) is 10.2 Å². The highest BCUT2D eigenvalue weighted by molar-refractivity contribution is 5.81. The molecule has 3 atom stereocenters. The molecule has 1 rings (SSSR count). The molecule has 0 bridgehead atoms. The maximum Gasteiger partial charge on any atom is 0.239 e. The molecule has 0 aromatic heterocycles. The number of carbonyl (C=O) groups is 1. The lowest BCUT2D eigenvalue weighted by molar-refractivity contribution is -0.145. The number of amides is 1. The zero-order valence-electron chi connectivity index (χ0n) is 9.41. The molecule has 4 heteroatoms. The lowest BCUT2D eigenvalue weighted by Gasteiger charge is -2.39. The number of likely N-dealkylation sites (N-methyl/N-ethyl adjacent to an activating group) is 1. The average molecular weight is 200 g/mol. The molecule has 1 saturated heterocycles. The van der Waals surface area contributed by atoms with Crippen LogP contribution in [0, 0.1) is 0 Å². The maximum atomic E-state index is 11.9. The zero-order valence-corrected chi connectivity index (χ0v) is 9.41. The number of morpholine rings is 1. The second-order valence-electron chi connectivity index (χ2n) is 3.86. The summed E-state index contributed by atoms with van der Waals surface area (Å²) in [5.41, 5.74) is 0. The molecule has 82 valence electrons. The van der Waals surface area contributed by atoms with Gasteiger partial charge in [-0.3, -0.25) is 4.79 Å². The molecular weight excluding hydrogens is 180 g/mol. The van der Waals surface area contributed by atoms with Crippen molar-refractivity contribution < 1.29 is 9.53 Å². The van der Waals surface area contributed by atoms with Crippen LogP contribution in [0.3, 0.4) is 0 Å². The van der Waals surface area contributed by atoms with Crippen molar-refractivity contribution in [1.29, 1.82) is 0 Å². The lowest BCUT2D eigenvalue weighted by Crippen LogP contribution is -2.55. The van der Waals surface area contributed by atoms with Crippen molar-refractivity contribution in [2.75, 3.05) is 20.2 Å². The van der Waals surface area contributed by atoms with Crippen molar-refractivity contribution in [2.24, 2.45) is 0 Å². The first-order chi connectivity index (χ1) is 6.57. The van der Waals surface area contributed by atoms with Gasteiger partial charge < -0.3 is 15.0 Å². The Morgan fingerprint density at radius 3 is 2.79 bits per heavy atom. The number of nitrogens with one attached hydrogen (secondary N) is 1. The first-order valence-corrected chi connectivity index (χ1v) is 5.17. The Kier molecular flexibility index (Phi) is 3.89. The maximum absolute atomic E-state index is 11.9. The molecule has 2 unspecified atom stereocenters. The molecule has 1 aliphatic rings. The third-order valence-electron chi connectivity index (χ3n) is 2.97. The van der Waals surface area contributed by atoms with Crippen LogP contribution in [-0.4, -0.2) is 49.2 Å². The Hall–Kier alpha value is -0.610. The smallest absolute Gasteiger partial charge is 0.239 e. The normalized spacial score (nSPS) is 30.1. The van der Waals surface area contributed by atoms with Gasteiger partial charge in [-0.1, -0.05) is 0 Å². The van der Waals surface area contributed by atoms with E-state index < -0.39 is 0 Å². The second kappa shape index (κ2) is 4.75. The van der Waals surface area contributed by atoms with Gasteiger partial charge in [-0.2, -0.15) is 0 Å². The van der Waals surface area contributed by atoms with E-state index in [2.05, 4.69) is 5.32 Å². The largest absolute Gasteiger partial charge is 0.375 e. The van der Waals surface area contributed by atoms with Gasteiger partial charge in [0, 0.05) is 6.54 Å². The summed E-state index contributed by atoms with van der Waals surface area (Å²) in [6, 6.07) is 0.0646. The van der Waals surface area contributed by atoms with Gasteiger partial charge in [-0.25, -0.2) is 0 Å². The van der Waals surface area contributed by atoms with E-state index in [0.717, 1.165) is 0 Å². The van der Waals surface area contributed by atoms with Crippen LogP contribution in [0.2, 0.25) is 0 Å². The summed E-state index contributed by atoms with van der Waals surface area (Å²) in [5.74, 6) is 0.162. The van der Waals surface area contributed by atoms with E-state index in [0.29, 0.717) is 13.2 Å². The number of carbonyl (C=O) groups excluding carboxylic acids is 1. The minimum absolute atomic E-state index is 0.109. The molecule has 1 heterocycles. The van der Waals surface area contributed by atoms with Crippen molar-refractivity contribution in [3.63, 3.8) is 0 Å². The summed E-state index contributed by atoms with van der Waals surface area (Å²) in [4.78, 5) is 13.8. The quantitative estimate of drug-likeness (QED) is 0.694. The Morgan fingerprint density at radius 2 is 2.21 bits per heavy atom. The highest BCUT2D eigenvalue weighted by Crippen LogP contribution is 2.14. The fraction of sp³-hybridized carbons (Fsp3) is 0.900. The van der Waals surface area contributed by atoms with Crippen molar-refractivity contribution in [2.45, 2.75) is 39.0 Å². The van der Waals surface area contributed by atoms with E-state index in [1.54, 1.807) is 7.05 Å². The summed E-state index contributed by atoms with van der Waals surface area (Å²) in [7, 11) is 1.80. The van der Waals surface area contributed by atoms with Crippen LogP contribution in [-0.2, 0) is 9.53 Å². The molecule has 1 aliphatic heterocycles. The van der Waals surface area contributed by atoms with E-state index in [-0.39, 0.29) is 24.1 Å². The first kappa shape index (κ1) is 11.5.